The van der Waals surface area contributed by atoms with Crippen molar-refractivity contribution in [1.82, 2.24) is 0 Å². The van der Waals surface area contributed by atoms with Gasteiger partial charge in [0.15, 0.2) is 0 Å². The summed E-state index contributed by atoms with van der Waals surface area (Å²) in [5.41, 5.74) is 2.47. The lowest BCUT2D eigenvalue weighted by atomic mass is 10.0. The Labute approximate surface area is 208 Å². The van der Waals surface area contributed by atoms with E-state index in [2.05, 4.69) is 0 Å². The molecule has 0 amide bonds. The van der Waals surface area contributed by atoms with Gasteiger partial charge in [0.05, 0.1) is 16.9 Å². The number of benzene rings is 4. The van der Waals surface area contributed by atoms with E-state index in [0.717, 1.165) is 28.8 Å². The number of hydrogen-bond donors (Lipinski definition) is 1. The Morgan fingerprint density at radius 1 is 0.750 bits per heavy atom. The quantitative estimate of drug-likeness (QED) is 0.308. The molecule has 0 aliphatic rings. The van der Waals surface area contributed by atoms with Crippen LogP contribution in [0.2, 0.25) is 0 Å². The maximum atomic E-state index is 13.4. The molecule has 0 unspecified atom stereocenters. The van der Waals surface area contributed by atoms with Gasteiger partial charge in [0, 0.05) is 5.56 Å². The van der Waals surface area contributed by atoms with Gasteiger partial charge in [-0.15, -0.1) is 0 Å². The third kappa shape index (κ3) is 5.25. The summed E-state index contributed by atoms with van der Waals surface area (Å²) in [4.78, 5) is -1.09. The van der Waals surface area contributed by atoms with Gasteiger partial charge < -0.3 is 9.47 Å². The minimum Gasteiger partial charge on any atom is -0.495 e. The van der Waals surface area contributed by atoms with E-state index in [1.165, 1.54) is 49.6 Å². The summed E-state index contributed by atoms with van der Waals surface area (Å²) in [6.07, 6.45) is 0. The maximum Gasteiger partial charge on any atom is 0.298 e. The fraction of sp³-hybridized carbons (Fsp3) is 0.0769. The molecule has 0 aromatic heterocycles. The zero-order valence-electron chi connectivity index (χ0n) is 19.2. The van der Waals surface area contributed by atoms with Gasteiger partial charge in [-0.05, 0) is 79.2 Å². The molecule has 1 N–H and O–H groups in total. The first-order chi connectivity index (χ1) is 17.0. The van der Waals surface area contributed by atoms with E-state index >= 15 is 0 Å². The normalized spacial score (nSPS) is 11.8. The van der Waals surface area contributed by atoms with E-state index < -0.39 is 24.9 Å². The summed E-state index contributed by atoms with van der Waals surface area (Å²) < 4.78 is 83.2. The summed E-state index contributed by atoms with van der Waals surface area (Å²) in [7, 11) is -7.63. The average molecular weight is 529 g/mol. The molecule has 7 nitrogen and oxygen atoms in total. The van der Waals surface area contributed by atoms with Crippen LogP contribution in [0.1, 0.15) is 5.56 Å². The van der Waals surface area contributed by atoms with Gasteiger partial charge in [-0.1, -0.05) is 23.8 Å². The summed E-state index contributed by atoms with van der Waals surface area (Å²) in [6, 6.07) is 20.3. The number of ether oxygens (including phenoxy) is 2. The molecule has 0 fully saturated rings. The lowest BCUT2D eigenvalue weighted by molar-refractivity contribution is 0.397. The van der Waals surface area contributed by atoms with Crippen molar-refractivity contribution in [2.75, 3.05) is 7.11 Å². The number of sulfone groups is 1. The van der Waals surface area contributed by atoms with Gasteiger partial charge >= 0.3 is 0 Å². The molecule has 36 heavy (non-hydrogen) atoms. The van der Waals surface area contributed by atoms with Crippen LogP contribution in [0, 0.1) is 12.7 Å². The zero-order chi connectivity index (χ0) is 26.1. The van der Waals surface area contributed by atoms with Crippen LogP contribution >= 0.6 is 0 Å². The molecule has 0 atom stereocenters. The van der Waals surface area contributed by atoms with E-state index in [9.17, 15) is 25.8 Å². The van der Waals surface area contributed by atoms with Crippen molar-refractivity contribution < 1.29 is 35.3 Å². The molecule has 4 aromatic rings. The molecule has 4 aromatic carbocycles. The van der Waals surface area contributed by atoms with Crippen molar-refractivity contribution >= 4 is 20.0 Å². The fourth-order valence-electron chi connectivity index (χ4n) is 3.56. The first-order valence-corrected chi connectivity index (χ1v) is 13.5. The highest BCUT2D eigenvalue weighted by Gasteiger charge is 2.24. The number of hydrogen-bond acceptors (Lipinski definition) is 6. The molecule has 0 radical (unpaired) electrons. The second-order valence-electron chi connectivity index (χ2n) is 7.87. The molecule has 10 heteroatoms. The fourth-order valence-corrected chi connectivity index (χ4v) is 5.61. The van der Waals surface area contributed by atoms with Gasteiger partial charge in [-0.25, -0.2) is 12.8 Å². The monoisotopic (exact) mass is 528 g/mol. The van der Waals surface area contributed by atoms with Gasteiger partial charge in [0.25, 0.3) is 10.1 Å². The molecule has 186 valence electrons. The van der Waals surface area contributed by atoms with Crippen LogP contribution in [0.3, 0.4) is 0 Å². The summed E-state index contributed by atoms with van der Waals surface area (Å²) in [5.74, 6) is 0.312. The highest BCUT2D eigenvalue weighted by molar-refractivity contribution is 7.91. The number of halogens is 1. The highest BCUT2D eigenvalue weighted by Crippen LogP contribution is 2.35. The van der Waals surface area contributed by atoms with Crippen LogP contribution in [0.25, 0.3) is 11.1 Å². The first-order valence-electron chi connectivity index (χ1n) is 10.5. The van der Waals surface area contributed by atoms with Crippen LogP contribution in [-0.2, 0) is 20.0 Å². The van der Waals surface area contributed by atoms with Crippen molar-refractivity contribution in [3.8, 4) is 28.4 Å². The van der Waals surface area contributed by atoms with Crippen LogP contribution in [0.4, 0.5) is 4.39 Å². The molecule has 0 aliphatic carbocycles. The number of rotatable bonds is 7. The van der Waals surface area contributed by atoms with Crippen LogP contribution in [0.5, 0.6) is 17.2 Å². The number of aryl methyl sites for hydroxylation is 1. The van der Waals surface area contributed by atoms with Crippen LogP contribution in [-0.4, -0.2) is 28.5 Å². The molecule has 0 aliphatic heterocycles. The Hall–Kier alpha value is -3.73. The zero-order valence-corrected chi connectivity index (χ0v) is 20.8. The largest absolute Gasteiger partial charge is 0.495 e. The predicted octanol–water partition coefficient (Wildman–Crippen LogP) is 5.68. The van der Waals surface area contributed by atoms with Crippen molar-refractivity contribution in [2.45, 2.75) is 21.6 Å². The molecule has 0 bridgehead atoms. The van der Waals surface area contributed by atoms with Gasteiger partial charge in [0.1, 0.15) is 28.0 Å². The molecule has 0 saturated heterocycles. The topological polar surface area (TPSA) is 107 Å². The molecule has 0 heterocycles. The lowest BCUT2D eigenvalue weighted by Crippen LogP contribution is -2.06. The van der Waals surface area contributed by atoms with Crippen molar-refractivity contribution in [3.63, 3.8) is 0 Å². The Bertz CT molecular complexity index is 1630. The lowest BCUT2D eigenvalue weighted by Gasteiger charge is -2.13. The van der Waals surface area contributed by atoms with Crippen molar-refractivity contribution in [2.24, 2.45) is 0 Å². The third-order valence-corrected chi connectivity index (χ3v) is 8.02. The second-order valence-corrected chi connectivity index (χ2v) is 11.2. The molecule has 4 rings (SSSR count). The third-order valence-electron chi connectivity index (χ3n) is 5.38. The summed E-state index contributed by atoms with van der Waals surface area (Å²) in [5, 5.41) is 0. The first kappa shape index (κ1) is 25.4. The molecular weight excluding hydrogens is 507 g/mol. The van der Waals surface area contributed by atoms with E-state index in [-0.39, 0.29) is 21.4 Å². The minimum atomic E-state index is -4.71. The van der Waals surface area contributed by atoms with Gasteiger partial charge in [0.2, 0.25) is 9.84 Å². The molecular formula is C26H21FO7S2. The highest BCUT2D eigenvalue weighted by atomic mass is 32.2. The Kier molecular flexibility index (Phi) is 6.85. The Balaban J connectivity index is 1.65. The van der Waals surface area contributed by atoms with Gasteiger partial charge in [-0.2, -0.15) is 8.42 Å². The smallest absolute Gasteiger partial charge is 0.298 e. The van der Waals surface area contributed by atoms with Crippen molar-refractivity contribution in [3.05, 3.63) is 96.3 Å². The second kappa shape index (κ2) is 9.73. The van der Waals surface area contributed by atoms with E-state index in [1.54, 1.807) is 18.2 Å². The molecule has 0 spiro atoms. The SMILES string of the molecule is COc1ccc(S(=O)(=O)c2ccc(Oc3ccc(C)cc3-c3ccc(F)cc3)cc2)cc1S(=O)(=O)O. The number of methoxy groups -OCH3 is 1. The van der Waals surface area contributed by atoms with E-state index in [1.807, 2.05) is 19.1 Å². The van der Waals surface area contributed by atoms with Crippen LogP contribution < -0.4 is 9.47 Å². The summed E-state index contributed by atoms with van der Waals surface area (Å²) in [6.45, 7) is 1.92. The summed E-state index contributed by atoms with van der Waals surface area (Å²) >= 11 is 0. The van der Waals surface area contributed by atoms with Crippen molar-refractivity contribution in [1.29, 1.82) is 0 Å². The molecule has 0 saturated carbocycles. The van der Waals surface area contributed by atoms with E-state index in [0.29, 0.717) is 11.5 Å². The van der Waals surface area contributed by atoms with Gasteiger partial charge in [-0.3, -0.25) is 4.55 Å². The predicted molar refractivity (Wildman–Crippen MR) is 131 cm³/mol. The maximum absolute atomic E-state index is 13.4. The standard InChI is InChI=1S/C26H21FO7S2/c1-17-3-13-24(23(15-17)18-4-6-19(27)7-5-18)34-20-8-10-21(11-9-20)35(28,29)22-12-14-25(33-2)26(16-22)36(30,31)32/h3-16H,1-2H3,(H,30,31,32). The Morgan fingerprint density at radius 2 is 1.36 bits per heavy atom. The van der Waals surface area contributed by atoms with E-state index in [4.69, 9.17) is 9.47 Å². The Morgan fingerprint density at radius 3 is 1.97 bits per heavy atom. The minimum absolute atomic E-state index is 0.107. The van der Waals surface area contributed by atoms with Crippen LogP contribution in [0.15, 0.2) is 99.6 Å². The average Bonchev–Trinajstić information content (AvgIpc) is 2.85.